The normalized spacial score (nSPS) is 16.7. The average Bonchev–Trinajstić information content (AvgIpc) is 3.15. The summed E-state index contributed by atoms with van der Waals surface area (Å²) in [5.41, 5.74) is 5.60. The second-order valence-electron chi connectivity index (χ2n) is 16.3. The topological polar surface area (TPSA) is 49.4 Å². The molecule has 3 aromatic carbocycles. The molecule has 0 spiro atoms. The first-order chi connectivity index (χ1) is 21.9. The summed E-state index contributed by atoms with van der Waals surface area (Å²) < 4.78 is 32.9. The van der Waals surface area contributed by atoms with Gasteiger partial charge in [-0.1, -0.05) is 53.7 Å². The molecule has 2 heterocycles. The van der Waals surface area contributed by atoms with Gasteiger partial charge in [0.2, 0.25) is 16.6 Å². The van der Waals surface area contributed by atoms with Crippen molar-refractivity contribution in [3.63, 3.8) is 0 Å². The fourth-order valence-corrected chi connectivity index (χ4v) is 7.41. The number of nitrogens with zero attached hydrogens (tertiary/aromatic N) is 1. The maximum atomic E-state index is 7.00. The molecular weight excluding hydrogens is 619 g/mol. The van der Waals surface area contributed by atoms with Gasteiger partial charge >= 0.3 is 0 Å². The maximum absolute atomic E-state index is 7.00. The lowest BCUT2D eigenvalue weighted by Crippen LogP contribution is -2.43. The number of benzene rings is 3. The van der Waals surface area contributed by atoms with Gasteiger partial charge in [0.25, 0.3) is 0 Å². The third-order valence-corrected chi connectivity index (χ3v) is 19.0. The first-order valence-electron chi connectivity index (χ1n) is 16.9. The molecular formula is C39H55NO5Si2. The predicted molar refractivity (Wildman–Crippen MR) is 199 cm³/mol. The van der Waals surface area contributed by atoms with Crippen molar-refractivity contribution in [3.8, 4) is 28.7 Å². The molecule has 3 aromatic rings. The molecule has 0 radical (unpaired) electrons. The molecule has 0 fully saturated rings. The molecule has 0 aliphatic carbocycles. The molecule has 0 N–H and O–H groups in total. The molecule has 0 aromatic heterocycles. The summed E-state index contributed by atoms with van der Waals surface area (Å²) >= 11 is 0. The zero-order valence-electron chi connectivity index (χ0n) is 30.7. The lowest BCUT2D eigenvalue weighted by atomic mass is 9.84. The minimum absolute atomic E-state index is 0.0911. The van der Waals surface area contributed by atoms with Crippen LogP contribution in [0.1, 0.15) is 70.8 Å². The smallest absolute Gasteiger partial charge is 0.250 e. The van der Waals surface area contributed by atoms with Gasteiger partial charge in [-0.25, -0.2) is 0 Å². The van der Waals surface area contributed by atoms with Gasteiger partial charge in [0.15, 0.2) is 0 Å². The van der Waals surface area contributed by atoms with Crippen LogP contribution in [0.25, 0.3) is 11.1 Å². The monoisotopic (exact) mass is 673 g/mol. The second kappa shape index (κ2) is 13.0. The van der Waals surface area contributed by atoms with Crippen molar-refractivity contribution in [1.29, 1.82) is 0 Å². The first kappa shape index (κ1) is 35.1. The van der Waals surface area contributed by atoms with Gasteiger partial charge in [-0.05, 0) is 97.9 Å². The largest absolute Gasteiger partial charge is 0.543 e. The van der Waals surface area contributed by atoms with E-state index in [-0.39, 0.29) is 16.2 Å². The van der Waals surface area contributed by atoms with Gasteiger partial charge in [-0.15, -0.1) is 0 Å². The Balaban J connectivity index is 1.58. The van der Waals surface area contributed by atoms with Crippen molar-refractivity contribution in [3.05, 3.63) is 77.4 Å². The van der Waals surface area contributed by atoms with Crippen LogP contribution in [0, 0.1) is 0 Å². The van der Waals surface area contributed by atoms with Crippen LogP contribution in [-0.2, 0) is 0 Å². The quantitative estimate of drug-likeness (QED) is 0.211. The first-order valence-corrected chi connectivity index (χ1v) is 22.7. The Bertz CT molecular complexity index is 1610. The van der Waals surface area contributed by atoms with E-state index < -0.39 is 16.6 Å². The van der Waals surface area contributed by atoms with Crippen molar-refractivity contribution in [2.24, 2.45) is 0 Å². The fourth-order valence-electron chi connectivity index (χ4n) is 5.36. The number of hydrogen-bond donors (Lipinski definition) is 0. The molecule has 8 heteroatoms. The van der Waals surface area contributed by atoms with E-state index in [1.165, 1.54) is 5.57 Å². The van der Waals surface area contributed by atoms with Crippen LogP contribution in [0.4, 0.5) is 0 Å². The van der Waals surface area contributed by atoms with E-state index in [2.05, 4.69) is 135 Å². The zero-order valence-corrected chi connectivity index (χ0v) is 32.7. The Morgan fingerprint density at radius 2 is 1.26 bits per heavy atom. The summed E-state index contributed by atoms with van der Waals surface area (Å²) in [5.74, 6) is 4.26. The molecule has 0 unspecified atom stereocenters. The Labute approximate surface area is 285 Å². The standard InChI is InChI=1S/C39H55NO5Si2/c1-38(2,3)46(9,10)44-29-18-20-33-34(25-29)42-23-21-32-31-19-17-30(45-47(11,12)39(4,5)6)26-35(31)43-37(36(32)33)27-13-15-28(16-14-27)41-24-22-40(7)8/h13-20,25-26,37H,21-24H2,1-12H3/t37-/m1/s1. The van der Waals surface area contributed by atoms with Crippen LogP contribution in [0.15, 0.2) is 60.7 Å². The molecule has 1 atom stereocenters. The number of rotatable bonds is 9. The minimum atomic E-state index is -2.03. The van der Waals surface area contributed by atoms with Gasteiger partial charge in [0, 0.05) is 41.8 Å². The van der Waals surface area contributed by atoms with E-state index in [9.17, 15) is 0 Å². The minimum Gasteiger partial charge on any atom is -0.543 e. The lowest BCUT2D eigenvalue weighted by Gasteiger charge is -2.37. The van der Waals surface area contributed by atoms with E-state index in [1.54, 1.807) is 0 Å². The molecule has 47 heavy (non-hydrogen) atoms. The average molecular weight is 674 g/mol. The number of likely N-dealkylation sites (N-methyl/N-ethyl adjacent to an activating group) is 1. The third kappa shape index (κ3) is 7.60. The molecule has 0 saturated heterocycles. The van der Waals surface area contributed by atoms with E-state index in [0.717, 1.165) is 64.0 Å². The lowest BCUT2D eigenvalue weighted by molar-refractivity contribution is 0.256. The molecule has 2 aliphatic heterocycles. The molecule has 254 valence electrons. The van der Waals surface area contributed by atoms with Crippen molar-refractivity contribution in [2.75, 3.05) is 33.9 Å². The fraction of sp³-hybridized carbons (Fsp3) is 0.487. The van der Waals surface area contributed by atoms with Crippen LogP contribution in [0.2, 0.25) is 36.3 Å². The van der Waals surface area contributed by atoms with Crippen molar-refractivity contribution in [2.45, 2.75) is 90.3 Å². The van der Waals surface area contributed by atoms with Gasteiger partial charge in [-0.2, -0.15) is 0 Å². The highest BCUT2D eigenvalue weighted by Gasteiger charge is 2.41. The Kier molecular flexibility index (Phi) is 9.72. The number of fused-ring (bicyclic) bond motifs is 4. The Hall–Kier alpha value is -3.21. The number of hydrogen-bond acceptors (Lipinski definition) is 6. The highest BCUT2D eigenvalue weighted by Crippen LogP contribution is 2.53. The summed E-state index contributed by atoms with van der Waals surface area (Å²) in [6.07, 6.45) is 0.438. The summed E-state index contributed by atoms with van der Waals surface area (Å²) in [5, 5.41) is 0.186. The van der Waals surface area contributed by atoms with Crippen LogP contribution in [0.5, 0.6) is 28.7 Å². The molecule has 0 bridgehead atoms. The molecule has 0 saturated carbocycles. The Morgan fingerprint density at radius 1 is 0.723 bits per heavy atom. The SMILES string of the molecule is CN(C)CCOc1ccc([C@H]2Oc3cc(O[Si](C)(C)C(C)(C)C)ccc3C3=C2c2ccc(O[Si](C)(C)C(C)(C)C)cc2OCC3)cc1. The summed E-state index contributed by atoms with van der Waals surface area (Å²) in [6.45, 7) is 24.8. The van der Waals surface area contributed by atoms with E-state index >= 15 is 0 Å². The molecule has 2 aliphatic rings. The Morgan fingerprint density at radius 3 is 1.81 bits per heavy atom. The third-order valence-electron chi connectivity index (χ3n) is 10.3. The van der Waals surface area contributed by atoms with Crippen molar-refractivity contribution in [1.82, 2.24) is 4.90 Å². The van der Waals surface area contributed by atoms with Gasteiger partial charge in [0.1, 0.15) is 41.5 Å². The van der Waals surface area contributed by atoms with Crippen molar-refractivity contribution >= 4 is 27.8 Å². The second-order valence-corrected chi connectivity index (χ2v) is 25.7. The van der Waals surface area contributed by atoms with Crippen LogP contribution in [-0.4, -0.2) is 55.4 Å². The maximum Gasteiger partial charge on any atom is 0.250 e. The van der Waals surface area contributed by atoms with E-state index in [4.69, 9.17) is 23.1 Å². The van der Waals surface area contributed by atoms with Gasteiger partial charge < -0.3 is 28.0 Å². The van der Waals surface area contributed by atoms with Crippen LogP contribution < -0.4 is 23.1 Å². The molecule has 0 amide bonds. The highest BCUT2D eigenvalue weighted by molar-refractivity contribution is 6.75. The van der Waals surface area contributed by atoms with E-state index in [0.29, 0.717) is 13.2 Å². The highest BCUT2D eigenvalue weighted by atomic mass is 28.4. The van der Waals surface area contributed by atoms with E-state index in [1.807, 2.05) is 12.1 Å². The van der Waals surface area contributed by atoms with Crippen LogP contribution in [0.3, 0.4) is 0 Å². The van der Waals surface area contributed by atoms with Gasteiger partial charge in [-0.3, -0.25) is 0 Å². The number of ether oxygens (including phenoxy) is 3. The summed E-state index contributed by atoms with van der Waals surface area (Å²) in [7, 11) is 0.0438. The zero-order chi connectivity index (χ0) is 34.4. The summed E-state index contributed by atoms with van der Waals surface area (Å²) in [4.78, 5) is 2.12. The van der Waals surface area contributed by atoms with Crippen LogP contribution >= 0.6 is 0 Å². The predicted octanol–water partition coefficient (Wildman–Crippen LogP) is 10.2. The summed E-state index contributed by atoms with van der Waals surface area (Å²) in [6, 6.07) is 21.1. The van der Waals surface area contributed by atoms with Crippen molar-refractivity contribution < 1.29 is 23.1 Å². The van der Waals surface area contributed by atoms with Gasteiger partial charge in [0.05, 0.1) is 6.61 Å². The molecule has 6 nitrogen and oxygen atoms in total. The molecule has 5 rings (SSSR count).